The summed E-state index contributed by atoms with van der Waals surface area (Å²) >= 11 is 0. The van der Waals surface area contributed by atoms with E-state index >= 15 is 0 Å². The van der Waals surface area contributed by atoms with E-state index in [-0.39, 0.29) is 12.2 Å². The molecule has 0 radical (unpaired) electrons. The molecule has 0 aliphatic heterocycles. The van der Waals surface area contributed by atoms with Crippen molar-refractivity contribution in [1.82, 2.24) is 9.55 Å². The Bertz CT molecular complexity index is 877. The van der Waals surface area contributed by atoms with Gasteiger partial charge < -0.3 is 14.4 Å². The molecule has 0 unspecified atom stereocenters. The van der Waals surface area contributed by atoms with Gasteiger partial charge in [-0.15, -0.1) is 0 Å². The van der Waals surface area contributed by atoms with Crippen molar-refractivity contribution in [3.8, 4) is 5.69 Å². The first-order valence-corrected chi connectivity index (χ1v) is 7.47. The van der Waals surface area contributed by atoms with Crippen molar-refractivity contribution in [2.24, 2.45) is 0 Å². The lowest BCUT2D eigenvalue weighted by molar-refractivity contribution is 0.0696. The average molecular weight is 337 g/mol. The summed E-state index contributed by atoms with van der Waals surface area (Å²) in [6.07, 6.45) is 4.16. The van der Waals surface area contributed by atoms with Gasteiger partial charge in [0, 0.05) is 12.4 Å². The van der Waals surface area contributed by atoms with Crippen LogP contribution in [0.4, 0.5) is 10.5 Å². The van der Waals surface area contributed by atoms with Gasteiger partial charge in [0.2, 0.25) is 0 Å². The van der Waals surface area contributed by atoms with E-state index in [2.05, 4.69) is 10.3 Å². The van der Waals surface area contributed by atoms with Crippen LogP contribution < -0.4 is 5.32 Å². The van der Waals surface area contributed by atoms with Crippen LogP contribution in [0.15, 0.2) is 67.3 Å². The van der Waals surface area contributed by atoms with Gasteiger partial charge in [0.15, 0.2) is 0 Å². The fraction of sp³-hybridized carbons (Fsp3) is 0.0556. The van der Waals surface area contributed by atoms with Crippen LogP contribution in [0.2, 0.25) is 0 Å². The molecule has 0 fully saturated rings. The number of carboxylic acids is 1. The third-order valence-corrected chi connectivity index (χ3v) is 3.48. The summed E-state index contributed by atoms with van der Waals surface area (Å²) in [5.41, 5.74) is 1.81. The molecule has 0 spiro atoms. The fourth-order valence-corrected chi connectivity index (χ4v) is 2.27. The van der Waals surface area contributed by atoms with Crippen molar-refractivity contribution in [3.05, 3.63) is 78.4 Å². The minimum atomic E-state index is -1.09. The van der Waals surface area contributed by atoms with E-state index in [1.165, 1.54) is 12.1 Å². The van der Waals surface area contributed by atoms with E-state index in [4.69, 9.17) is 9.84 Å². The highest BCUT2D eigenvalue weighted by Gasteiger charge is 2.13. The van der Waals surface area contributed by atoms with Crippen LogP contribution in [-0.4, -0.2) is 26.7 Å². The largest absolute Gasteiger partial charge is 0.478 e. The molecule has 7 heteroatoms. The zero-order valence-electron chi connectivity index (χ0n) is 13.1. The third kappa shape index (κ3) is 4.03. The number of benzene rings is 2. The number of hydrogen-bond acceptors (Lipinski definition) is 4. The number of rotatable bonds is 5. The number of anilines is 1. The second-order valence-electron chi connectivity index (χ2n) is 5.19. The van der Waals surface area contributed by atoms with E-state index in [1.54, 1.807) is 29.4 Å². The predicted octanol–water partition coefficient (Wildman–Crippen LogP) is 3.32. The molecule has 25 heavy (non-hydrogen) atoms. The van der Waals surface area contributed by atoms with Gasteiger partial charge >= 0.3 is 12.1 Å². The molecular formula is C18H15N3O4. The maximum Gasteiger partial charge on any atom is 0.412 e. The predicted molar refractivity (Wildman–Crippen MR) is 90.8 cm³/mol. The quantitative estimate of drug-likeness (QED) is 0.745. The second kappa shape index (κ2) is 7.31. The van der Waals surface area contributed by atoms with Gasteiger partial charge in [0.05, 0.1) is 23.3 Å². The van der Waals surface area contributed by atoms with E-state index in [9.17, 15) is 9.59 Å². The van der Waals surface area contributed by atoms with Crippen molar-refractivity contribution in [1.29, 1.82) is 0 Å². The summed E-state index contributed by atoms with van der Waals surface area (Å²) in [6, 6.07) is 13.7. The normalized spacial score (nSPS) is 10.2. The lowest BCUT2D eigenvalue weighted by atomic mass is 10.1. The molecule has 0 aliphatic carbocycles. The molecule has 126 valence electrons. The molecule has 2 aromatic carbocycles. The number of aromatic carboxylic acids is 1. The van der Waals surface area contributed by atoms with Crippen LogP contribution >= 0.6 is 0 Å². The third-order valence-electron chi connectivity index (χ3n) is 3.48. The number of nitrogens with zero attached hydrogens (tertiary/aromatic N) is 2. The van der Waals surface area contributed by atoms with Gasteiger partial charge in [-0.2, -0.15) is 0 Å². The van der Waals surface area contributed by atoms with Crippen LogP contribution in [0.5, 0.6) is 0 Å². The van der Waals surface area contributed by atoms with Crippen LogP contribution in [0.3, 0.4) is 0 Å². The lowest BCUT2D eigenvalue weighted by Gasteiger charge is -2.13. The Morgan fingerprint density at radius 2 is 1.96 bits per heavy atom. The average Bonchev–Trinajstić information content (AvgIpc) is 3.15. The molecule has 0 saturated carbocycles. The highest BCUT2D eigenvalue weighted by molar-refractivity contribution is 5.93. The van der Waals surface area contributed by atoms with Crippen LogP contribution in [-0.2, 0) is 11.3 Å². The van der Waals surface area contributed by atoms with E-state index < -0.39 is 12.1 Å². The highest BCUT2D eigenvalue weighted by Crippen LogP contribution is 2.22. The van der Waals surface area contributed by atoms with Crippen molar-refractivity contribution < 1.29 is 19.4 Å². The maximum absolute atomic E-state index is 12.1. The number of nitrogens with one attached hydrogen (secondary N) is 1. The lowest BCUT2D eigenvalue weighted by Crippen LogP contribution is -2.15. The first kappa shape index (κ1) is 16.3. The number of carboxylic acid groups (broad SMARTS) is 1. The number of carbonyl (C=O) groups excluding carboxylic acids is 1. The van der Waals surface area contributed by atoms with Crippen molar-refractivity contribution in [2.45, 2.75) is 6.61 Å². The Labute approximate surface area is 143 Å². The van der Waals surface area contributed by atoms with E-state index in [0.717, 1.165) is 5.56 Å². The smallest absolute Gasteiger partial charge is 0.412 e. The minimum absolute atomic E-state index is 0.0576. The molecule has 0 bridgehead atoms. The summed E-state index contributed by atoms with van der Waals surface area (Å²) in [7, 11) is 0. The number of aromatic nitrogens is 2. The Morgan fingerprint density at radius 1 is 1.16 bits per heavy atom. The molecular weight excluding hydrogens is 322 g/mol. The summed E-state index contributed by atoms with van der Waals surface area (Å²) < 4.78 is 6.85. The van der Waals surface area contributed by atoms with Crippen LogP contribution in [0.25, 0.3) is 5.69 Å². The van der Waals surface area contributed by atoms with Crippen molar-refractivity contribution >= 4 is 17.7 Å². The molecule has 0 atom stereocenters. The van der Waals surface area contributed by atoms with Gasteiger partial charge in [-0.25, -0.2) is 14.6 Å². The summed E-state index contributed by atoms with van der Waals surface area (Å²) in [5, 5.41) is 11.7. The van der Waals surface area contributed by atoms with Gasteiger partial charge in [-0.3, -0.25) is 5.32 Å². The zero-order valence-corrected chi connectivity index (χ0v) is 13.1. The molecule has 1 amide bonds. The minimum Gasteiger partial charge on any atom is -0.478 e. The van der Waals surface area contributed by atoms with E-state index in [1.807, 2.05) is 30.3 Å². The topological polar surface area (TPSA) is 93.5 Å². The molecule has 3 aromatic rings. The maximum atomic E-state index is 12.1. The molecule has 1 aromatic heterocycles. The van der Waals surface area contributed by atoms with Crippen LogP contribution in [0.1, 0.15) is 15.9 Å². The van der Waals surface area contributed by atoms with Crippen molar-refractivity contribution in [2.75, 3.05) is 5.32 Å². The molecule has 7 nitrogen and oxygen atoms in total. The number of carbonyl (C=O) groups is 2. The number of amides is 1. The fourth-order valence-electron chi connectivity index (χ4n) is 2.27. The Kier molecular flexibility index (Phi) is 4.75. The summed E-state index contributed by atoms with van der Waals surface area (Å²) in [6.45, 7) is 0.117. The standard InChI is InChI=1S/C18H15N3O4/c22-17(23)14-6-7-16(21-9-8-19-12-21)15(10-14)20-18(24)25-11-13-4-2-1-3-5-13/h1-10,12H,11H2,(H,20,24)(H,22,23). The van der Waals surface area contributed by atoms with E-state index in [0.29, 0.717) is 11.4 Å². The Morgan fingerprint density at radius 3 is 2.64 bits per heavy atom. The number of hydrogen-bond donors (Lipinski definition) is 2. The van der Waals surface area contributed by atoms with Gasteiger partial charge in [-0.05, 0) is 23.8 Å². The molecule has 0 aliphatic rings. The molecule has 0 saturated heterocycles. The molecule has 1 heterocycles. The first-order valence-electron chi connectivity index (χ1n) is 7.47. The van der Waals surface area contributed by atoms with Gasteiger partial charge in [0.1, 0.15) is 6.61 Å². The number of imidazole rings is 1. The second-order valence-corrected chi connectivity index (χ2v) is 5.19. The molecule has 2 N–H and O–H groups in total. The van der Waals surface area contributed by atoms with Crippen molar-refractivity contribution in [3.63, 3.8) is 0 Å². The SMILES string of the molecule is O=C(Nc1cc(C(=O)O)ccc1-n1ccnc1)OCc1ccccc1. The Balaban J connectivity index is 1.78. The van der Waals surface area contributed by atoms with Gasteiger partial charge in [-0.1, -0.05) is 30.3 Å². The van der Waals surface area contributed by atoms with Gasteiger partial charge in [0.25, 0.3) is 0 Å². The first-order chi connectivity index (χ1) is 12.1. The van der Waals surface area contributed by atoms with Crippen LogP contribution in [0, 0.1) is 0 Å². The molecule has 3 rings (SSSR count). The number of ether oxygens (including phenoxy) is 1. The highest BCUT2D eigenvalue weighted by atomic mass is 16.5. The zero-order chi connectivity index (χ0) is 17.6. The summed E-state index contributed by atoms with van der Waals surface area (Å²) in [4.78, 5) is 27.2. The Hall–Kier alpha value is -3.61. The monoisotopic (exact) mass is 337 g/mol. The summed E-state index contributed by atoms with van der Waals surface area (Å²) in [5.74, 6) is -1.09.